The number of hydrogen-bond donors (Lipinski definition) is 1. The van der Waals surface area contributed by atoms with Gasteiger partial charge in [0, 0.05) is 17.5 Å². The smallest absolute Gasteiger partial charge is 0.243 e. The highest BCUT2D eigenvalue weighted by molar-refractivity contribution is 6.43. The van der Waals surface area contributed by atoms with E-state index in [-0.39, 0.29) is 12.0 Å². The van der Waals surface area contributed by atoms with Crippen molar-refractivity contribution in [3.05, 3.63) is 34.7 Å². The normalized spacial score (nSPS) is 14.2. The average molecular weight is 220 g/mol. The van der Waals surface area contributed by atoms with Gasteiger partial charge in [-0.3, -0.25) is 20.0 Å². The molecule has 0 amide bonds. The first-order valence-corrected chi connectivity index (χ1v) is 4.64. The number of fused-ring (bicyclic) bond motifs is 1. The van der Waals surface area contributed by atoms with Crippen molar-refractivity contribution in [1.82, 2.24) is 10.4 Å². The van der Waals surface area contributed by atoms with Crippen molar-refractivity contribution in [3.63, 3.8) is 0 Å². The van der Waals surface area contributed by atoms with Crippen molar-refractivity contribution in [2.45, 2.75) is 0 Å². The Kier molecular flexibility index (Phi) is 2.44. The van der Waals surface area contributed by atoms with Crippen molar-refractivity contribution in [2.75, 3.05) is 7.05 Å². The van der Waals surface area contributed by atoms with Gasteiger partial charge < -0.3 is 0 Å². The van der Waals surface area contributed by atoms with Crippen molar-refractivity contribution in [1.29, 1.82) is 0 Å². The van der Waals surface area contributed by atoms with Gasteiger partial charge in [0.1, 0.15) is 5.70 Å². The fraction of sp³-hybridized carbons (Fsp3) is 0.0909. The molecule has 1 N–H and O–H groups in total. The molecule has 0 aromatic heterocycles. The molecule has 1 aliphatic rings. The van der Waals surface area contributed by atoms with Gasteiger partial charge in [-0.05, 0) is 6.07 Å². The number of carbonyl (C=O) groups excluding carboxylic acids is 2. The molecule has 0 atom stereocenters. The number of nitrogens with zero attached hydrogens (tertiary/aromatic N) is 1. The number of nitrogens with one attached hydrogen (secondary N) is 1. The van der Waals surface area contributed by atoms with E-state index < -0.39 is 11.7 Å². The van der Waals surface area contributed by atoms with E-state index in [1.54, 1.807) is 24.3 Å². The highest BCUT2D eigenvalue weighted by Crippen LogP contribution is 2.04. The number of halogens is 1. The van der Waals surface area contributed by atoms with E-state index in [1.807, 2.05) is 0 Å². The molecule has 82 valence electrons. The van der Waals surface area contributed by atoms with Crippen molar-refractivity contribution in [3.8, 4) is 0 Å². The molecule has 1 aromatic rings. The quantitative estimate of drug-likeness (QED) is 0.396. The van der Waals surface area contributed by atoms with Gasteiger partial charge in [0.25, 0.3) is 0 Å². The zero-order valence-electron chi connectivity index (χ0n) is 8.53. The number of benzene rings is 1. The van der Waals surface area contributed by atoms with Gasteiger partial charge in [0.15, 0.2) is 6.29 Å². The Hall–Kier alpha value is -2.17. The maximum Gasteiger partial charge on any atom is 0.243 e. The first-order valence-electron chi connectivity index (χ1n) is 4.64. The lowest BCUT2D eigenvalue weighted by Gasteiger charge is -2.23. The second-order valence-corrected chi connectivity index (χ2v) is 3.36. The highest BCUT2D eigenvalue weighted by Gasteiger charge is 2.18. The predicted molar refractivity (Wildman–Crippen MR) is 55.6 cm³/mol. The first-order chi connectivity index (χ1) is 7.65. The summed E-state index contributed by atoms with van der Waals surface area (Å²) in [5.41, 5.74) is 2.62. The largest absolute Gasteiger partial charge is 0.294 e. The summed E-state index contributed by atoms with van der Waals surface area (Å²) in [6.07, 6.45) is 0.205. The molecule has 1 aliphatic heterocycles. The first kappa shape index (κ1) is 10.4. The fourth-order valence-electron chi connectivity index (χ4n) is 1.59. The summed E-state index contributed by atoms with van der Waals surface area (Å²) in [4.78, 5) is 21.8. The van der Waals surface area contributed by atoms with Crippen LogP contribution in [0.1, 0.15) is 0 Å². The maximum absolute atomic E-state index is 13.7. The molecule has 0 saturated carbocycles. The van der Waals surface area contributed by atoms with Gasteiger partial charge in [-0.1, -0.05) is 18.2 Å². The summed E-state index contributed by atoms with van der Waals surface area (Å²) < 4.78 is 13.7. The minimum atomic E-state index is -0.702. The number of Topliss-reactive ketones (excluding diaryl/α,β-unsaturated/α-hetero) is 1. The van der Waals surface area contributed by atoms with Crippen LogP contribution in [0.5, 0.6) is 0 Å². The fourth-order valence-corrected chi connectivity index (χ4v) is 1.59. The predicted octanol–water partition coefficient (Wildman–Crippen LogP) is -0.952. The number of rotatable bonds is 2. The zero-order chi connectivity index (χ0) is 11.7. The van der Waals surface area contributed by atoms with E-state index in [0.717, 1.165) is 5.01 Å². The molecular weight excluding hydrogens is 211 g/mol. The second kappa shape index (κ2) is 3.77. The lowest BCUT2D eigenvalue weighted by atomic mass is 10.1. The Balaban J connectivity index is 2.87. The molecule has 2 rings (SSSR count). The van der Waals surface area contributed by atoms with Crippen LogP contribution in [0, 0.1) is 0 Å². The summed E-state index contributed by atoms with van der Waals surface area (Å²) in [6.45, 7) is 0. The molecule has 0 bridgehead atoms. The Labute approximate surface area is 90.6 Å². The SMILES string of the molecule is CN1NC(C(=O)C=O)=c2ccccc2=C1F. The molecule has 0 aliphatic carbocycles. The summed E-state index contributed by atoms with van der Waals surface area (Å²) >= 11 is 0. The third kappa shape index (κ3) is 1.46. The molecule has 5 heteroatoms. The number of carbonyl (C=O) groups is 2. The summed E-state index contributed by atoms with van der Waals surface area (Å²) in [5, 5.41) is 1.77. The van der Waals surface area contributed by atoms with Gasteiger partial charge in [-0.25, -0.2) is 0 Å². The molecule has 16 heavy (non-hydrogen) atoms. The third-order valence-electron chi connectivity index (χ3n) is 2.35. The minimum Gasteiger partial charge on any atom is -0.294 e. The van der Waals surface area contributed by atoms with Crippen LogP contribution >= 0.6 is 0 Å². The number of ketones is 1. The van der Waals surface area contributed by atoms with Crippen LogP contribution in [-0.4, -0.2) is 24.1 Å². The molecule has 1 heterocycles. The Morgan fingerprint density at radius 2 is 2.00 bits per heavy atom. The molecule has 0 radical (unpaired) electrons. The van der Waals surface area contributed by atoms with Gasteiger partial charge in [-0.2, -0.15) is 4.39 Å². The van der Waals surface area contributed by atoms with Gasteiger partial charge in [0.05, 0.1) is 0 Å². The lowest BCUT2D eigenvalue weighted by Crippen LogP contribution is -2.48. The van der Waals surface area contributed by atoms with Crippen LogP contribution in [0.15, 0.2) is 24.3 Å². The number of hydrogen-bond acceptors (Lipinski definition) is 4. The maximum atomic E-state index is 13.7. The van der Waals surface area contributed by atoms with E-state index in [9.17, 15) is 14.0 Å². The minimum absolute atomic E-state index is 0.0921. The summed E-state index contributed by atoms with van der Waals surface area (Å²) in [6, 6.07) is 6.49. The van der Waals surface area contributed by atoms with Crippen LogP contribution in [0.4, 0.5) is 4.39 Å². The Morgan fingerprint density at radius 1 is 1.38 bits per heavy atom. The standard InChI is InChI=1S/C11H9FN2O2/c1-14-11(12)8-5-3-2-4-7(8)10(13-14)9(16)6-15/h2-6,13H,1H3. The molecule has 0 saturated heterocycles. The van der Waals surface area contributed by atoms with E-state index >= 15 is 0 Å². The molecule has 4 nitrogen and oxygen atoms in total. The van der Waals surface area contributed by atoms with Crippen LogP contribution in [0.3, 0.4) is 0 Å². The number of aldehydes is 1. The van der Waals surface area contributed by atoms with Crippen LogP contribution in [0.25, 0.3) is 11.6 Å². The van der Waals surface area contributed by atoms with Crippen LogP contribution in [-0.2, 0) is 9.59 Å². The van der Waals surface area contributed by atoms with Crippen LogP contribution < -0.4 is 15.9 Å². The van der Waals surface area contributed by atoms with Crippen LogP contribution in [0.2, 0.25) is 0 Å². The van der Waals surface area contributed by atoms with Crippen molar-refractivity contribution >= 4 is 23.7 Å². The van der Waals surface area contributed by atoms with E-state index in [1.165, 1.54) is 7.05 Å². The van der Waals surface area contributed by atoms with E-state index in [2.05, 4.69) is 5.43 Å². The summed E-state index contributed by atoms with van der Waals surface area (Å²) in [5.74, 6) is -1.19. The second-order valence-electron chi connectivity index (χ2n) is 3.36. The summed E-state index contributed by atoms with van der Waals surface area (Å²) in [7, 11) is 1.43. The molecule has 0 unspecified atom stereocenters. The topological polar surface area (TPSA) is 49.4 Å². The molecule has 0 fully saturated rings. The van der Waals surface area contributed by atoms with Crippen molar-refractivity contribution in [2.24, 2.45) is 0 Å². The highest BCUT2D eigenvalue weighted by atomic mass is 19.1. The molecular formula is C11H9FN2O2. The number of hydrazine groups is 1. The average Bonchev–Trinajstić information content (AvgIpc) is 2.33. The molecule has 1 aromatic carbocycles. The lowest BCUT2D eigenvalue weighted by molar-refractivity contribution is -0.126. The van der Waals surface area contributed by atoms with Crippen molar-refractivity contribution < 1.29 is 14.0 Å². The van der Waals surface area contributed by atoms with Gasteiger partial charge in [0.2, 0.25) is 11.7 Å². The third-order valence-corrected chi connectivity index (χ3v) is 2.35. The van der Waals surface area contributed by atoms with E-state index in [4.69, 9.17) is 0 Å². The Morgan fingerprint density at radius 3 is 2.62 bits per heavy atom. The molecule has 0 spiro atoms. The zero-order valence-corrected chi connectivity index (χ0v) is 8.53. The van der Waals surface area contributed by atoms with Gasteiger partial charge >= 0.3 is 0 Å². The van der Waals surface area contributed by atoms with E-state index in [0.29, 0.717) is 10.4 Å². The Bertz CT molecular complexity index is 580. The monoisotopic (exact) mass is 220 g/mol. The van der Waals surface area contributed by atoms with Gasteiger partial charge in [-0.15, -0.1) is 0 Å².